The van der Waals surface area contributed by atoms with Gasteiger partial charge in [-0.1, -0.05) is 11.8 Å². The highest BCUT2D eigenvalue weighted by molar-refractivity contribution is 7.99. The first-order valence-electron chi connectivity index (χ1n) is 5.78. The molecule has 0 saturated carbocycles. The van der Waals surface area contributed by atoms with Gasteiger partial charge in [-0.3, -0.25) is 0 Å². The van der Waals surface area contributed by atoms with Gasteiger partial charge in [0, 0.05) is 18.4 Å². The van der Waals surface area contributed by atoms with Crippen LogP contribution in [0.1, 0.15) is 0 Å². The Morgan fingerprint density at radius 3 is 3.06 bits per heavy atom. The number of H-pyrrole nitrogens is 1. The van der Waals surface area contributed by atoms with Crippen LogP contribution in [0.5, 0.6) is 5.75 Å². The van der Waals surface area contributed by atoms with Gasteiger partial charge >= 0.3 is 0 Å². The number of methoxy groups -OCH3 is 1. The summed E-state index contributed by atoms with van der Waals surface area (Å²) < 4.78 is 10.5. The van der Waals surface area contributed by atoms with Gasteiger partial charge in [0.2, 0.25) is 0 Å². The van der Waals surface area contributed by atoms with Crippen LogP contribution in [0.4, 0.5) is 0 Å². The minimum atomic E-state index is 0.565. The average molecular weight is 267 g/mol. The molecule has 0 aliphatic rings. The van der Waals surface area contributed by atoms with E-state index in [-0.39, 0.29) is 0 Å². The van der Waals surface area contributed by atoms with Crippen LogP contribution in [0.25, 0.3) is 11.0 Å². The SMILES string of the molecule is COc1ccc2nc(SCCOCCN)[nH]c2c1. The summed E-state index contributed by atoms with van der Waals surface area (Å²) >= 11 is 1.64. The normalized spacial score (nSPS) is 11.0. The molecule has 0 spiro atoms. The maximum absolute atomic E-state index is 5.34. The first kappa shape index (κ1) is 13.2. The van der Waals surface area contributed by atoms with E-state index in [4.69, 9.17) is 15.2 Å². The fourth-order valence-corrected chi connectivity index (χ4v) is 2.28. The fourth-order valence-electron chi connectivity index (χ4n) is 1.54. The maximum Gasteiger partial charge on any atom is 0.166 e. The zero-order chi connectivity index (χ0) is 12.8. The molecule has 0 bridgehead atoms. The third-order valence-corrected chi connectivity index (χ3v) is 3.23. The smallest absolute Gasteiger partial charge is 0.166 e. The Hall–Kier alpha value is -1.24. The van der Waals surface area contributed by atoms with E-state index in [9.17, 15) is 0 Å². The lowest BCUT2D eigenvalue weighted by Gasteiger charge is -1.99. The van der Waals surface area contributed by atoms with Crippen molar-refractivity contribution in [1.29, 1.82) is 0 Å². The second-order valence-electron chi connectivity index (χ2n) is 3.67. The molecule has 0 aliphatic heterocycles. The number of nitrogens with one attached hydrogen (secondary N) is 1. The zero-order valence-corrected chi connectivity index (χ0v) is 11.1. The number of fused-ring (bicyclic) bond motifs is 1. The van der Waals surface area contributed by atoms with E-state index < -0.39 is 0 Å². The highest BCUT2D eigenvalue weighted by Crippen LogP contribution is 2.22. The molecule has 0 radical (unpaired) electrons. The molecule has 2 aromatic rings. The quantitative estimate of drug-likeness (QED) is 0.589. The van der Waals surface area contributed by atoms with Crippen LogP contribution in [0.2, 0.25) is 0 Å². The summed E-state index contributed by atoms with van der Waals surface area (Å²) in [5.41, 5.74) is 7.27. The molecule has 3 N–H and O–H groups in total. The van der Waals surface area contributed by atoms with E-state index in [1.807, 2.05) is 18.2 Å². The van der Waals surface area contributed by atoms with Gasteiger partial charge < -0.3 is 20.2 Å². The molecule has 6 heteroatoms. The van der Waals surface area contributed by atoms with Gasteiger partial charge in [-0.05, 0) is 12.1 Å². The average Bonchev–Trinajstić information content (AvgIpc) is 2.80. The number of nitrogens with zero attached hydrogens (tertiary/aromatic N) is 1. The summed E-state index contributed by atoms with van der Waals surface area (Å²) in [7, 11) is 1.65. The van der Waals surface area contributed by atoms with E-state index in [1.54, 1.807) is 18.9 Å². The van der Waals surface area contributed by atoms with Crippen LogP contribution in [0, 0.1) is 0 Å². The predicted octanol–water partition coefficient (Wildman–Crippen LogP) is 1.64. The number of benzene rings is 1. The second kappa shape index (κ2) is 6.63. The van der Waals surface area contributed by atoms with Crippen LogP contribution < -0.4 is 10.5 Å². The minimum absolute atomic E-state index is 0.565. The summed E-state index contributed by atoms with van der Waals surface area (Å²) in [5.74, 6) is 1.69. The van der Waals surface area contributed by atoms with Gasteiger partial charge in [-0.25, -0.2) is 4.98 Å². The lowest BCUT2D eigenvalue weighted by Crippen LogP contribution is -2.09. The number of aromatic amines is 1. The molecule has 0 amide bonds. The largest absolute Gasteiger partial charge is 0.497 e. The topological polar surface area (TPSA) is 73.2 Å². The molecule has 18 heavy (non-hydrogen) atoms. The Balaban J connectivity index is 1.93. The standard InChI is InChI=1S/C12H17N3O2S/c1-16-9-2-3-10-11(8-9)15-12(14-10)18-7-6-17-5-4-13/h2-3,8H,4-7,13H2,1H3,(H,14,15). The molecule has 0 fully saturated rings. The Morgan fingerprint density at radius 2 is 2.28 bits per heavy atom. The molecular weight excluding hydrogens is 250 g/mol. The summed E-state index contributed by atoms with van der Waals surface area (Å²) in [6.07, 6.45) is 0. The van der Waals surface area contributed by atoms with Gasteiger partial charge in [0.1, 0.15) is 5.75 Å². The van der Waals surface area contributed by atoms with E-state index in [2.05, 4.69) is 9.97 Å². The Labute approximate surface area is 110 Å². The number of ether oxygens (including phenoxy) is 2. The highest BCUT2D eigenvalue weighted by Gasteiger charge is 2.04. The monoisotopic (exact) mass is 267 g/mol. The third-order valence-electron chi connectivity index (χ3n) is 2.40. The Kier molecular flexibility index (Phi) is 4.86. The molecule has 0 atom stereocenters. The molecule has 2 rings (SSSR count). The first-order valence-corrected chi connectivity index (χ1v) is 6.76. The molecule has 5 nitrogen and oxygen atoms in total. The summed E-state index contributed by atoms with van der Waals surface area (Å²) in [6.45, 7) is 1.86. The van der Waals surface area contributed by atoms with Crippen molar-refractivity contribution >= 4 is 22.8 Å². The summed E-state index contributed by atoms with van der Waals surface area (Å²) in [5, 5.41) is 0.898. The van der Waals surface area contributed by atoms with Gasteiger partial charge in [0.15, 0.2) is 5.16 Å². The van der Waals surface area contributed by atoms with Crippen LogP contribution in [-0.2, 0) is 4.74 Å². The predicted molar refractivity (Wildman–Crippen MR) is 73.2 cm³/mol. The number of thioether (sulfide) groups is 1. The number of nitrogens with two attached hydrogens (primary N) is 1. The number of rotatable bonds is 7. The molecule has 0 saturated heterocycles. The molecule has 1 aromatic heterocycles. The molecule has 0 aliphatic carbocycles. The number of hydrogen-bond donors (Lipinski definition) is 2. The molecule has 1 aromatic carbocycles. The van der Waals surface area contributed by atoms with Crippen molar-refractivity contribution in [3.8, 4) is 5.75 Å². The van der Waals surface area contributed by atoms with Crippen LogP contribution in [-0.4, -0.2) is 42.6 Å². The van der Waals surface area contributed by atoms with E-state index in [1.165, 1.54) is 0 Å². The van der Waals surface area contributed by atoms with Crippen molar-refractivity contribution in [3.63, 3.8) is 0 Å². The van der Waals surface area contributed by atoms with Crippen molar-refractivity contribution in [3.05, 3.63) is 18.2 Å². The van der Waals surface area contributed by atoms with E-state index in [0.717, 1.165) is 27.7 Å². The first-order chi connectivity index (χ1) is 8.83. The van der Waals surface area contributed by atoms with Crippen molar-refractivity contribution in [2.75, 3.05) is 32.6 Å². The molecule has 0 unspecified atom stereocenters. The highest BCUT2D eigenvalue weighted by atomic mass is 32.2. The van der Waals surface area contributed by atoms with Crippen molar-refractivity contribution < 1.29 is 9.47 Å². The van der Waals surface area contributed by atoms with Gasteiger partial charge in [-0.15, -0.1) is 0 Å². The zero-order valence-electron chi connectivity index (χ0n) is 10.3. The van der Waals surface area contributed by atoms with Gasteiger partial charge in [0.25, 0.3) is 0 Å². The van der Waals surface area contributed by atoms with Gasteiger partial charge in [-0.2, -0.15) is 0 Å². The van der Waals surface area contributed by atoms with Crippen LogP contribution >= 0.6 is 11.8 Å². The fraction of sp³-hybridized carbons (Fsp3) is 0.417. The van der Waals surface area contributed by atoms with Crippen LogP contribution in [0.3, 0.4) is 0 Å². The molecule has 1 heterocycles. The van der Waals surface area contributed by atoms with E-state index in [0.29, 0.717) is 19.8 Å². The second-order valence-corrected chi connectivity index (χ2v) is 4.76. The maximum atomic E-state index is 5.34. The number of aromatic nitrogens is 2. The lowest BCUT2D eigenvalue weighted by atomic mass is 10.3. The number of hydrogen-bond acceptors (Lipinski definition) is 5. The van der Waals surface area contributed by atoms with Gasteiger partial charge in [0.05, 0.1) is 31.4 Å². The molecule has 98 valence electrons. The van der Waals surface area contributed by atoms with E-state index >= 15 is 0 Å². The lowest BCUT2D eigenvalue weighted by molar-refractivity contribution is 0.158. The summed E-state index contributed by atoms with van der Waals surface area (Å²) in [6, 6.07) is 5.79. The Bertz CT molecular complexity index is 501. The minimum Gasteiger partial charge on any atom is -0.497 e. The summed E-state index contributed by atoms with van der Waals surface area (Å²) in [4.78, 5) is 7.73. The Morgan fingerprint density at radius 1 is 1.39 bits per heavy atom. The number of imidazole rings is 1. The van der Waals surface area contributed by atoms with Crippen molar-refractivity contribution in [2.24, 2.45) is 5.73 Å². The third kappa shape index (κ3) is 3.38. The van der Waals surface area contributed by atoms with Crippen LogP contribution in [0.15, 0.2) is 23.4 Å². The van der Waals surface area contributed by atoms with Crippen molar-refractivity contribution in [1.82, 2.24) is 9.97 Å². The molecular formula is C12H17N3O2S. The van der Waals surface area contributed by atoms with Crippen molar-refractivity contribution in [2.45, 2.75) is 5.16 Å².